The Labute approximate surface area is 270 Å². The molecule has 0 saturated heterocycles. The average molecular weight is 625 g/mol. The van der Waals surface area contributed by atoms with Crippen molar-refractivity contribution >= 4 is 10.1 Å². The molecule has 5 heteroatoms. The first kappa shape index (κ1) is 42.1. The Morgan fingerprint density at radius 1 is 0.512 bits per heavy atom. The molecule has 0 spiro atoms. The number of unbranched alkanes of at least 4 members (excludes halogenated alkanes) is 22. The monoisotopic (exact) mass is 625 g/mol. The van der Waals surface area contributed by atoms with Gasteiger partial charge in [0.1, 0.15) is 0 Å². The van der Waals surface area contributed by atoms with E-state index in [-0.39, 0.29) is 11.5 Å². The van der Waals surface area contributed by atoms with E-state index in [1.54, 1.807) is 30.3 Å². The van der Waals surface area contributed by atoms with Crippen molar-refractivity contribution in [2.24, 2.45) is 0 Å². The molecule has 0 radical (unpaired) electrons. The van der Waals surface area contributed by atoms with E-state index in [2.05, 4.69) is 34.9 Å². The van der Waals surface area contributed by atoms with E-state index in [1.165, 1.54) is 159 Å². The van der Waals surface area contributed by atoms with Gasteiger partial charge in [0.2, 0.25) is 0 Å². The molecule has 0 unspecified atom stereocenters. The normalized spacial score (nSPS) is 11.8. The SMILES string of the molecule is CCCCCCCCCCCCCCCC[N+](C)(C)CC.CCCCCCCCCCCCOS(=O)(=O)c1ccccc1. The Morgan fingerprint density at radius 2 is 0.860 bits per heavy atom. The number of quaternary nitrogens is 1. The summed E-state index contributed by atoms with van der Waals surface area (Å²) in [6, 6.07) is 8.33. The van der Waals surface area contributed by atoms with E-state index in [1.807, 2.05) is 0 Å². The molecule has 0 fully saturated rings. The Bertz CT molecular complexity index is 795. The van der Waals surface area contributed by atoms with E-state index in [0.29, 0.717) is 0 Å². The predicted octanol–water partition coefficient (Wildman–Crippen LogP) is 11.9. The van der Waals surface area contributed by atoms with E-state index < -0.39 is 10.1 Å². The highest BCUT2D eigenvalue weighted by atomic mass is 32.2. The summed E-state index contributed by atoms with van der Waals surface area (Å²) in [6.45, 7) is 9.73. The van der Waals surface area contributed by atoms with Crippen LogP contribution in [0.3, 0.4) is 0 Å². The van der Waals surface area contributed by atoms with Crippen LogP contribution >= 0.6 is 0 Å². The lowest BCUT2D eigenvalue weighted by Crippen LogP contribution is -2.39. The number of benzene rings is 1. The largest absolute Gasteiger partial charge is 0.329 e. The summed E-state index contributed by atoms with van der Waals surface area (Å²) in [6.07, 6.45) is 32.7. The molecule has 0 aromatic heterocycles. The van der Waals surface area contributed by atoms with Gasteiger partial charge in [0.25, 0.3) is 10.1 Å². The third-order valence-electron chi connectivity index (χ3n) is 8.74. The lowest BCUT2D eigenvalue weighted by Gasteiger charge is -2.28. The second kappa shape index (κ2) is 29.8. The number of rotatable bonds is 29. The molecule has 0 bridgehead atoms. The van der Waals surface area contributed by atoms with Crippen LogP contribution in [0, 0.1) is 0 Å². The van der Waals surface area contributed by atoms with Crippen molar-refractivity contribution in [3.8, 4) is 0 Å². The first-order valence-electron chi connectivity index (χ1n) is 18.6. The maximum absolute atomic E-state index is 11.9. The highest BCUT2D eigenvalue weighted by Crippen LogP contribution is 2.15. The summed E-state index contributed by atoms with van der Waals surface area (Å²) in [5.74, 6) is 0. The quantitative estimate of drug-likeness (QED) is 0.0506. The van der Waals surface area contributed by atoms with E-state index >= 15 is 0 Å². The maximum atomic E-state index is 11.9. The van der Waals surface area contributed by atoms with E-state index in [0.717, 1.165) is 12.8 Å². The van der Waals surface area contributed by atoms with Crippen molar-refractivity contribution in [3.63, 3.8) is 0 Å². The first-order chi connectivity index (χ1) is 20.8. The Hall–Kier alpha value is -0.910. The van der Waals surface area contributed by atoms with Gasteiger partial charge in [-0.1, -0.05) is 167 Å². The van der Waals surface area contributed by atoms with Crippen LogP contribution in [0.15, 0.2) is 35.2 Å². The Kier molecular flexibility index (Phi) is 29.2. The van der Waals surface area contributed by atoms with Crippen molar-refractivity contribution in [3.05, 3.63) is 30.3 Å². The predicted molar refractivity (Wildman–Crippen MR) is 189 cm³/mol. The molecule has 0 heterocycles. The van der Waals surface area contributed by atoms with Crippen molar-refractivity contribution in [2.75, 3.05) is 33.8 Å². The maximum Gasteiger partial charge on any atom is 0.296 e. The summed E-state index contributed by atoms with van der Waals surface area (Å²) in [7, 11) is 1.13. The average Bonchev–Trinajstić information content (AvgIpc) is 3.01. The molecule has 0 N–H and O–H groups in total. The fourth-order valence-corrected chi connectivity index (χ4v) is 6.27. The first-order valence-corrected chi connectivity index (χ1v) is 20.0. The zero-order chi connectivity index (χ0) is 31.9. The highest BCUT2D eigenvalue weighted by Gasteiger charge is 2.13. The van der Waals surface area contributed by atoms with Gasteiger partial charge in [0.05, 0.1) is 38.7 Å². The molecule has 0 aliphatic heterocycles. The van der Waals surface area contributed by atoms with Gasteiger partial charge >= 0.3 is 0 Å². The molecule has 4 nitrogen and oxygen atoms in total. The van der Waals surface area contributed by atoms with E-state index in [4.69, 9.17) is 4.18 Å². The lowest BCUT2D eigenvalue weighted by atomic mass is 10.0. The van der Waals surface area contributed by atoms with Crippen molar-refractivity contribution in [1.82, 2.24) is 0 Å². The fourth-order valence-electron chi connectivity index (χ4n) is 5.31. The number of hydrogen-bond acceptors (Lipinski definition) is 3. The fraction of sp³-hybridized carbons (Fsp3) is 0.842. The van der Waals surface area contributed by atoms with Gasteiger partial charge in [-0.3, -0.25) is 4.18 Å². The van der Waals surface area contributed by atoms with Crippen molar-refractivity contribution < 1.29 is 17.1 Å². The topological polar surface area (TPSA) is 43.4 Å². The molecular formula is C38H74NO3S+. The molecule has 1 aromatic rings. The second-order valence-corrected chi connectivity index (χ2v) is 15.0. The van der Waals surface area contributed by atoms with Gasteiger partial charge in [0, 0.05) is 0 Å². The van der Waals surface area contributed by atoms with Crippen LogP contribution in [-0.4, -0.2) is 46.7 Å². The van der Waals surface area contributed by atoms with Crippen LogP contribution in [0.25, 0.3) is 0 Å². The third-order valence-corrected chi connectivity index (χ3v) is 10.1. The van der Waals surface area contributed by atoms with Gasteiger partial charge in [-0.2, -0.15) is 8.42 Å². The van der Waals surface area contributed by atoms with Crippen LogP contribution in [0.5, 0.6) is 0 Å². The van der Waals surface area contributed by atoms with Crippen LogP contribution in [0.2, 0.25) is 0 Å². The summed E-state index contributed by atoms with van der Waals surface area (Å²) in [4.78, 5) is 0.238. The van der Waals surface area contributed by atoms with Gasteiger partial charge in [-0.25, -0.2) is 0 Å². The standard InChI is InChI=1S/C20H44N.C18H30O3S/c1-5-7-8-9-10-11-12-13-14-15-16-17-18-19-20-21(3,4)6-2;1-2-3-4-5-6-7-8-9-10-14-17-21-22(19,20)18-15-12-11-13-16-18/h5-20H2,1-4H3;11-13,15-16H,2-10,14,17H2,1H3/q+1;. The second-order valence-electron chi connectivity index (χ2n) is 13.3. The van der Waals surface area contributed by atoms with Gasteiger partial charge < -0.3 is 4.48 Å². The zero-order valence-electron chi connectivity index (χ0n) is 29.6. The summed E-state index contributed by atoms with van der Waals surface area (Å²) in [5.41, 5.74) is 0. The number of hydrogen-bond donors (Lipinski definition) is 0. The minimum absolute atomic E-state index is 0.238. The molecule has 0 saturated carbocycles. The molecule has 43 heavy (non-hydrogen) atoms. The van der Waals surface area contributed by atoms with Crippen molar-refractivity contribution in [2.45, 2.75) is 180 Å². The minimum atomic E-state index is -3.57. The third kappa shape index (κ3) is 28.3. The van der Waals surface area contributed by atoms with Crippen molar-refractivity contribution in [1.29, 1.82) is 0 Å². The molecule has 0 atom stereocenters. The van der Waals surface area contributed by atoms with Gasteiger partial charge in [0.15, 0.2) is 0 Å². The smallest absolute Gasteiger partial charge is 0.296 e. The van der Waals surface area contributed by atoms with E-state index in [9.17, 15) is 8.42 Å². The summed E-state index contributed by atoms with van der Waals surface area (Å²) >= 11 is 0. The number of nitrogens with zero attached hydrogens (tertiary/aromatic N) is 1. The van der Waals surface area contributed by atoms with Crippen LogP contribution in [0.1, 0.15) is 175 Å². The summed E-state index contributed by atoms with van der Waals surface area (Å²) in [5, 5.41) is 0. The molecule has 0 aliphatic carbocycles. The Morgan fingerprint density at radius 3 is 1.23 bits per heavy atom. The molecule has 0 aliphatic rings. The highest BCUT2D eigenvalue weighted by molar-refractivity contribution is 7.86. The Balaban J connectivity index is 0.000000822. The molecule has 0 amide bonds. The van der Waals surface area contributed by atoms with Crippen LogP contribution in [-0.2, 0) is 14.3 Å². The van der Waals surface area contributed by atoms with Gasteiger partial charge in [-0.05, 0) is 38.3 Å². The van der Waals surface area contributed by atoms with Crippen LogP contribution < -0.4 is 0 Å². The zero-order valence-corrected chi connectivity index (χ0v) is 30.4. The molecule has 1 aromatic carbocycles. The molecule has 1 rings (SSSR count). The summed E-state index contributed by atoms with van der Waals surface area (Å²) < 4.78 is 30.0. The minimum Gasteiger partial charge on any atom is -0.329 e. The lowest BCUT2D eigenvalue weighted by molar-refractivity contribution is -0.888. The molecular weight excluding hydrogens is 550 g/mol. The van der Waals surface area contributed by atoms with Gasteiger partial charge in [-0.15, -0.1) is 0 Å². The van der Waals surface area contributed by atoms with Crippen LogP contribution in [0.4, 0.5) is 0 Å². The molecule has 254 valence electrons.